The van der Waals surface area contributed by atoms with Crippen LogP contribution in [0.15, 0.2) is 29.3 Å². The van der Waals surface area contributed by atoms with Crippen LogP contribution >= 0.6 is 24.0 Å². The van der Waals surface area contributed by atoms with Crippen LogP contribution in [0.4, 0.5) is 5.69 Å². The van der Waals surface area contributed by atoms with E-state index in [4.69, 9.17) is 9.73 Å². The zero-order valence-corrected chi connectivity index (χ0v) is 18.4. The third-order valence-corrected chi connectivity index (χ3v) is 5.49. The highest BCUT2D eigenvalue weighted by molar-refractivity contribution is 14.0. The molecule has 0 atom stereocenters. The van der Waals surface area contributed by atoms with Gasteiger partial charge >= 0.3 is 0 Å². The first-order chi connectivity index (χ1) is 12.2. The highest BCUT2D eigenvalue weighted by Gasteiger charge is 2.43. The Hall–Kier alpha value is -1.02. The maximum atomic E-state index is 5.06. The first-order valence-corrected chi connectivity index (χ1v) is 9.60. The molecule has 2 aliphatic rings. The van der Waals surface area contributed by atoms with Gasteiger partial charge < -0.3 is 20.3 Å². The number of hydrogen-bond donors (Lipinski definition) is 2. The third kappa shape index (κ3) is 5.49. The first kappa shape index (κ1) is 21.3. The smallest absolute Gasteiger partial charge is 0.194 e. The summed E-state index contributed by atoms with van der Waals surface area (Å²) in [6, 6.07) is 8.54. The van der Waals surface area contributed by atoms with Gasteiger partial charge in [0.25, 0.3) is 0 Å². The van der Waals surface area contributed by atoms with Gasteiger partial charge in [-0.05, 0) is 49.3 Å². The SMILES string of the molecule is CCNC(=NCc1ccc(NCCOC)cc1)N1CCC2(CCC2)C1.I. The summed E-state index contributed by atoms with van der Waals surface area (Å²) in [7, 11) is 1.72. The van der Waals surface area contributed by atoms with Crippen molar-refractivity contribution in [1.82, 2.24) is 10.2 Å². The van der Waals surface area contributed by atoms with Gasteiger partial charge in [-0.25, -0.2) is 4.99 Å². The van der Waals surface area contributed by atoms with E-state index in [0.717, 1.165) is 44.4 Å². The quantitative estimate of drug-likeness (QED) is 0.275. The van der Waals surface area contributed by atoms with Crippen molar-refractivity contribution in [2.45, 2.75) is 39.2 Å². The minimum Gasteiger partial charge on any atom is -0.383 e. The molecule has 1 aliphatic carbocycles. The first-order valence-electron chi connectivity index (χ1n) is 9.60. The maximum Gasteiger partial charge on any atom is 0.194 e. The van der Waals surface area contributed by atoms with Crippen LogP contribution in [0.1, 0.15) is 38.2 Å². The van der Waals surface area contributed by atoms with Crippen LogP contribution in [0.3, 0.4) is 0 Å². The molecule has 0 amide bonds. The number of halogens is 1. The van der Waals surface area contributed by atoms with Gasteiger partial charge in [-0.15, -0.1) is 24.0 Å². The summed E-state index contributed by atoms with van der Waals surface area (Å²) in [4.78, 5) is 7.35. The summed E-state index contributed by atoms with van der Waals surface area (Å²) in [5.74, 6) is 1.08. The number of nitrogens with one attached hydrogen (secondary N) is 2. The standard InChI is InChI=1S/C20H32N4O.HI/c1-3-21-19(24-13-11-20(16-24)9-4-10-20)23-15-17-5-7-18(8-6-17)22-12-14-25-2;/h5-8,22H,3-4,9-16H2,1-2H3,(H,21,23);1H. The van der Waals surface area contributed by atoms with Crippen molar-refractivity contribution < 1.29 is 4.74 Å². The molecule has 1 aromatic carbocycles. The number of hydrogen-bond acceptors (Lipinski definition) is 3. The number of benzene rings is 1. The van der Waals surface area contributed by atoms with Crippen molar-refractivity contribution in [3.8, 4) is 0 Å². The van der Waals surface area contributed by atoms with Crippen molar-refractivity contribution >= 4 is 35.6 Å². The average molecular weight is 472 g/mol. The van der Waals surface area contributed by atoms with Crippen LogP contribution in [0.25, 0.3) is 0 Å². The molecule has 0 unspecified atom stereocenters. The number of rotatable bonds is 7. The molecule has 0 radical (unpaired) electrons. The van der Waals surface area contributed by atoms with E-state index in [0.29, 0.717) is 5.41 Å². The molecular weight excluding hydrogens is 439 g/mol. The number of nitrogens with zero attached hydrogens (tertiary/aromatic N) is 2. The molecule has 1 saturated heterocycles. The van der Waals surface area contributed by atoms with Crippen molar-refractivity contribution in [2.24, 2.45) is 10.4 Å². The molecule has 1 heterocycles. The average Bonchev–Trinajstić information content (AvgIpc) is 3.06. The Bertz CT molecular complexity index is 572. The van der Waals surface area contributed by atoms with Crippen LogP contribution in [0.5, 0.6) is 0 Å². The predicted molar refractivity (Wildman–Crippen MR) is 120 cm³/mol. The van der Waals surface area contributed by atoms with Crippen molar-refractivity contribution in [2.75, 3.05) is 45.2 Å². The fraction of sp³-hybridized carbons (Fsp3) is 0.650. The number of likely N-dealkylation sites (tertiary alicyclic amines) is 1. The second-order valence-electron chi connectivity index (χ2n) is 7.31. The zero-order valence-electron chi connectivity index (χ0n) is 16.1. The summed E-state index contributed by atoms with van der Waals surface area (Å²) in [5, 5.41) is 6.82. The molecule has 5 nitrogen and oxygen atoms in total. The zero-order chi connectivity index (χ0) is 17.5. The lowest BCUT2D eigenvalue weighted by Crippen LogP contribution is -2.42. The molecule has 2 N–H and O–H groups in total. The molecule has 26 heavy (non-hydrogen) atoms. The number of aliphatic imine (C=N–C) groups is 1. The summed E-state index contributed by atoms with van der Waals surface area (Å²) in [6.07, 6.45) is 5.55. The normalized spacial score (nSPS) is 18.4. The van der Waals surface area contributed by atoms with Gasteiger partial charge in [0.2, 0.25) is 0 Å². The van der Waals surface area contributed by atoms with Crippen LogP contribution in [0.2, 0.25) is 0 Å². The highest BCUT2D eigenvalue weighted by Crippen LogP contribution is 2.47. The Balaban J connectivity index is 0.00000243. The Morgan fingerprint density at radius 2 is 2.00 bits per heavy atom. The predicted octanol–water partition coefficient (Wildman–Crippen LogP) is 3.70. The van der Waals surface area contributed by atoms with E-state index < -0.39 is 0 Å². The lowest BCUT2D eigenvalue weighted by molar-refractivity contribution is 0.151. The molecule has 146 valence electrons. The van der Waals surface area contributed by atoms with Crippen LogP contribution in [-0.2, 0) is 11.3 Å². The number of methoxy groups -OCH3 is 1. The van der Waals surface area contributed by atoms with E-state index in [2.05, 4.69) is 46.7 Å². The molecule has 1 aliphatic heterocycles. The largest absolute Gasteiger partial charge is 0.383 e. The van der Waals surface area contributed by atoms with Crippen LogP contribution in [0, 0.1) is 5.41 Å². The molecule has 1 aromatic rings. The maximum absolute atomic E-state index is 5.06. The van der Waals surface area contributed by atoms with Gasteiger partial charge in [0.05, 0.1) is 13.2 Å². The van der Waals surface area contributed by atoms with Gasteiger partial charge in [0.15, 0.2) is 5.96 Å². The van der Waals surface area contributed by atoms with E-state index in [1.165, 1.54) is 37.8 Å². The topological polar surface area (TPSA) is 48.9 Å². The lowest BCUT2D eigenvalue weighted by atomic mass is 9.68. The number of guanidine groups is 1. The minimum atomic E-state index is 0. The van der Waals surface area contributed by atoms with E-state index in [9.17, 15) is 0 Å². The molecular formula is C20H33IN4O. The van der Waals surface area contributed by atoms with E-state index >= 15 is 0 Å². The molecule has 6 heteroatoms. The molecule has 2 fully saturated rings. The Kier molecular flexibility index (Phi) is 8.47. The second kappa shape index (κ2) is 10.3. The second-order valence-corrected chi connectivity index (χ2v) is 7.31. The molecule has 1 spiro atoms. The molecule has 1 saturated carbocycles. The van der Waals surface area contributed by atoms with Crippen molar-refractivity contribution in [3.63, 3.8) is 0 Å². The molecule has 0 aromatic heterocycles. The van der Waals surface area contributed by atoms with E-state index in [1.807, 2.05) is 0 Å². The van der Waals surface area contributed by atoms with E-state index in [-0.39, 0.29) is 24.0 Å². The number of ether oxygens (including phenoxy) is 1. The van der Waals surface area contributed by atoms with Crippen molar-refractivity contribution in [1.29, 1.82) is 0 Å². The van der Waals surface area contributed by atoms with E-state index in [1.54, 1.807) is 7.11 Å². The fourth-order valence-corrected chi connectivity index (χ4v) is 3.82. The Morgan fingerprint density at radius 3 is 2.58 bits per heavy atom. The Labute approximate surface area is 175 Å². The number of anilines is 1. The summed E-state index contributed by atoms with van der Waals surface area (Å²) >= 11 is 0. The summed E-state index contributed by atoms with van der Waals surface area (Å²) < 4.78 is 5.06. The highest BCUT2D eigenvalue weighted by atomic mass is 127. The van der Waals surface area contributed by atoms with Crippen molar-refractivity contribution in [3.05, 3.63) is 29.8 Å². The monoisotopic (exact) mass is 472 g/mol. The molecule has 0 bridgehead atoms. The van der Waals surface area contributed by atoms with Gasteiger partial charge in [0.1, 0.15) is 0 Å². The third-order valence-electron chi connectivity index (χ3n) is 5.49. The summed E-state index contributed by atoms with van der Waals surface area (Å²) in [6.45, 7) is 7.67. The molecule has 3 rings (SSSR count). The summed E-state index contributed by atoms with van der Waals surface area (Å²) in [5.41, 5.74) is 2.97. The van der Waals surface area contributed by atoms with Gasteiger partial charge in [0, 0.05) is 39.0 Å². The van der Waals surface area contributed by atoms with Crippen LogP contribution in [-0.4, -0.2) is 50.8 Å². The Morgan fingerprint density at radius 1 is 1.23 bits per heavy atom. The van der Waals surface area contributed by atoms with Gasteiger partial charge in [-0.2, -0.15) is 0 Å². The lowest BCUT2D eigenvalue weighted by Gasteiger charge is -2.38. The fourth-order valence-electron chi connectivity index (χ4n) is 3.82. The minimum absolute atomic E-state index is 0. The van der Waals surface area contributed by atoms with Gasteiger partial charge in [-0.3, -0.25) is 0 Å². The van der Waals surface area contributed by atoms with Crippen LogP contribution < -0.4 is 10.6 Å². The van der Waals surface area contributed by atoms with Gasteiger partial charge in [-0.1, -0.05) is 18.6 Å².